The third kappa shape index (κ3) is 12.7. The summed E-state index contributed by atoms with van der Waals surface area (Å²) in [5.41, 5.74) is 3.42. The van der Waals surface area contributed by atoms with Gasteiger partial charge in [0.05, 0.1) is 25.3 Å². The first-order valence-electron chi connectivity index (χ1n) is 25.7. The predicted octanol–water partition coefficient (Wildman–Crippen LogP) is 7.72. The van der Waals surface area contributed by atoms with Crippen LogP contribution in [0.3, 0.4) is 0 Å². The van der Waals surface area contributed by atoms with Crippen molar-refractivity contribution in [2.24, 2.45) is 0 Å². The number of carbonyl (C=O) groups excluding carboxylic acids is 1. The molecule has 0 unspecified atom stereocenters. The summed E-state index contributed by atoms with van der Waals surface area (Å²) in [6, 6.07) is 31.1. The van der Waals surface area contributed by atoms with Gasteiger partial charge in [0.1, 0.15) is 43.5 Å². The van der Waals surface area contributed by atoms with E-state index in [0.717, 1.165) is 128 Å². The van der Waals surface area contributed by atoms with Gasteiger partial charge in [-0.15, -0.1) is 0 Å². The van der Waals surface area contributed by atoms with Crippen LogP contribution in [0, 0.1) is 0 Å². The van der Waals surface area contributed by atoms with Gasteiger partial charge < -0.3 is 62.3 Å². The van der Waals surface area contributed by atoms with E-state index in [-0.39, 0.29) is 23.3 Å². The summed E-state index contributed by atoms with van der Waals surface area (Å²) in [5.74, 6) is 4.68. The van der Waals surface area contributed by atoms with Crippen molar-refractivity contribution in [2.45, 2.75) is 90.3 Å². The summed E-state index contributed by atoms with van der Waals surface area (Å²) in [7, 11) is 3.30. The van der Waals surface area contributed by atoms with Crippen LogP contribution in [-0.2, 0) is 30.9 Å². The van der Waals surface area contributed by atoms with Crippen molar-refractivity contribution in [1.29, 1.82) is 0 Å². The molecule has 73 heavy (non-hydrogen) atoms. The largest absolute Gasteiger partial charge is 0.496 e. The van der Waals surface area contributed by atoms with Crippen LogP contribution in [0.5, 0.6) is 34.5 Å². The van der Waals surface area contributed by atoms with Crippen molar-refractivity contribution in [2.75, 3.05) is 79.9 Å². The van der Waals surface area contributed by atoms with Gasteiger partial charge in [0.2, 0.25) is 0 Å². The lowest BCUT2D eigenvalue weighted by atomic mass is 10.0. The molecule has 2 aromatic heterocycles. The summed E-state index contributed by atoms with van der Waals surface area (Å²) in [5, 5.41) is 5.59. The molecule has 6 heterocycles. The van der Waals surface area contributed by atoms with E-state index in [1.807, 2.05) is 108 Å². The summed E-state index contributed by atoms with van der Waals surface area (Å²) >= 11 is 0. The number of fused-ring (bicyclic) bond motifs is 4. The second-order valence-corrected chi connectivity index (χ2v) is 20.1. The predicted molar refractivity (Wildman–Crippen MR) is 282 cm³/mol. The molecule has 4 aliphatic rings. The molecule has 1 N–H and O–H groups in total. The van der Waals surface area contributed by atoms with Gasteiger partial charge in [-0.2, -0.15) is 0 Å². The molecule has 10 rings (SSSR count). The van der Waals surface area contributed by atoms with E-state index in [4.69, 9.17) is 33.2 Å². The van der Waals surface area contributed by atoms with Crippen LogP contribution >= 0.6 is 0 Å². The maximum absolute atomic E-state index is 13.3. The Bertz CT molecular complexity index is 2970. The second-order valence-electron chi connectivity index (χ2n) is 20.1. The molecular formula is C57H70N6O10. The Morgan fingerprint density at radius 1 is 0.603 bits per heavy atom. The molecule has 4 aliphatic heterocycles. The number of amides is 1. The molecule has 6 aromatic rings. The lowest BCUT2D eigenvalue weighted by Crippen LogP contribution is -2.49. The first-order valence-corrected chi connectivity index (χ1v) is 25.7. The number of nitrogens with zero attached hydrogens (tertiary/aromatic N) is 5. The number of nitrogens with one attached hydrogen (secondary N) is 1. The van der Waals surface area contributed by atoms with E-state index in [0.29, 0.717) is 57.9 Å². The normalized spacial score (nSPS) is 16.4. The van der Waals surface area contributed by atoms with E-state index in [1.54, 1.807) is 26.4 Å². The number of piperidine rings is 2. The number of aromatic nitrogens is 2. The maximum atomic E-state index is 13.3. The quantitative estimate of drug-likeness (QED) is 0.114. The molecule has 0 bridgehead atoms. The highest BCUT2D eigenvalue weighted by Crippen LogP contribution is 2.33. The minimum atomic E-state index is -0.586. The van der Waals surface area contributed by atoms with Gasteiger partial charge in [-0.05, 0) is 131 Å². The van der Waals surface area contributed by atoms with Gasteiger partial charge in [0, 0.05) is 87.3 Å². The highest BCUT2D eigenvalue weighted by atomic mass is 16.6. The lowest BCUT2D eigenvalue weighted by Gasteiger charge is -2.39. The van der Waals surface area contributed by atoms with Gasteiger partial charge in [-0.1, -0.05) is 24.3 Å². The van der Waals surface area contributed by atoms with Crippen molar-refractivity contribution >= 4 is 27.9 Å². The van der Waals surface area contributed by atoms with Crippen molar-refractivity contribution in [1.82, 2.24) is 29.2 Å². The van der Waals surface area contributed by atoms with Gasteiger partial charge >= 0.3 is 6.09 Å². The third-order valence-corrected chi connectivity index (χ3v) is 14.1. The molecule has 0 spiro atoms. The topological polar surface area (TPSA) is 147 Å². The van der Waals surface area contributed by atoms with Gasteiger partial charge in [0.25, 0.3) is 11.1 Å². The molecule has 0 atom stereocenters. The van der Waals surface area contributed by atoms with Crippen LogP contribution in [0.4, 0.5) is 4.79 Å². The third-order valence-electron chi connectivity index (χ3n) is 14.1. The molecule has 0 radical (unpaired) electrons. The Hall–Kier alpha value is -6.75. The molecule has 0 aliphatic carbocycles. The smallest absolute Gasteiger partial charge is 0.410 e. The number of methoxy groups -OCH3 is 2. The minimum Gasteiger partial charge on any atom is -0.496 e. The van der Waals surface area contributed by atoms with Crippen molar-refractivity contribution in [3.8, 4) is 34.5 Å². The number of hydrogen-bond acceptors (Lipinski definition) is 13. The molecule has 4 aromatic carbocycles. The Balaban J connectivity index is 0.000000183. The molecule has 2 fully saturated rings. The number of pyridine rings is 2. The standard InChI is InChI=1S/C31H39N3O6.C26H31N3O4/c1-31(2,3)40-30(36)34(21-22-8-10-27-28(20-22)39-19-18-38-27)23-12-14-32(15-13-23)16-17-33-25-6-5-7-26(37-4)24(25)9-11-29(33)35;1-31-23-4-2-3-22-21(23)6-8-26(30)29(22)14-13-28-11-9-20(10-12-28)27-18-19-5-7-24-25(17-19)33-16-15-32-24/h5-11,20,23H,12-19,21H2,1-4H3;2-8,17,20,27H,9-16,18H2,1H3. The molecule has 16 heteroatoms. The zero-order valence-corrected chi connectivity index (χ0v) is 42.9. The fourth-order valence-corrected chi connectivity index (χ4v) is 10.2. The van der Waals surface area contributed by atoms with Gasteiger partial charge in [-0.25, -0.2) is 4.79 Å². The van der Waals surface area contributed by atoms with Crippen LogP contribution in [0.2, 0.25) is 0 Å². The highest BCUT2D eigenvalue weighted by Gasteiger charge is 2.32. The van der Waals surface area contributed by atoms with Crippen LogP contribution in [-0.4, -0.2) is 128 Å². The minimum absolute atomic E-state index is 0.0221. The number of likely N-dealkylation sites (tertiary alicyclic amines) is 2. The van der Waals surface area contributed by atoms with E-state index in [1.165, 1.54) is 5.56 Å². The fourth-order valence-electron chi connectivity index (χ4n) is 10.2. The zero-order chi connectivity index (χ0) is 50.9. The molecule has 1 amide bonds. The second kappa shape index (κ2) is 23.4. The van der Waals surface area contributed by atoms with E-state index in [2.05, 4.69) is 27.2 Å². The Morgan fingerprint density at radius 2 is 1.08 bits per heavy atom. The van der Waals surface area contributed by atoms with Crippen molar-refractivity contribution in [3.05, 3.63) is 129 Å². The molecule has 2 saturated heterocycles. The average molecular weight is 999 g/mol. The summed E-state index contributed by atoms with van der Waals surface area (Å²) < 4.78 is 43.2. The molecule has 0 saturated carbocycles. The van der Waals surface area contributed by atoms with Crippen molar-refractivity contribution in [3.63, 3.8) is 0 Å². The van der Waals surface area contributed by atoms with Crippen molar-refractivity contribution < 1.29 is 38.0 Å². The van der Waals surface area contributed by atoms with E-state index < -0.39 is 5.60 Å². The fraction of sp³-hybridized carbons (Fsp3) is 0.456. The first kappa shape index (κ1) is 51.2. The Kier molecular flexibility index (Phi) is 16.4. The maximum Gasteiger partial charge on any atom is 0.410 e. The lowest BCUT2D eigenvalue weighted by molar-refractivity contribution is 0.00562. The summed E-state index contributed by atoms with van der Waals surface area (Å²) in [6.07, 6.45) is 3.53. The molecular weight excluding hydrogens is 929 g/mol. The zero-order valence-electron chi connectivity index (χ0n) is 42.9. The van der Waals surface area contributed by atoms with Gasteiger partial charge in [-0.3, -0.25) is 9.59 Å². The average Bonchev–Trinajstić information content (AvgIpc) is 3.41. The number of rotatable bonds is 14. The van der Waals surface area contributed by atoms with Crippen LogP contribution in [0.1, 0.15) is 57.6 Å². The van der Waals surface area contributed by atoms with Crippen LogP contribution < -0.4 is 44.9 Å². The SMILES string of the molecule is COc1cccc2c1ccc(=O)n2CCN1CCC(N(Cc2ccc3c(c2)OCCO3)C(=O)OC(C)(C)C)CC1.COc1cccc2c1ccc(=O)n2CCN1CCC(NCc2ccc3c(c2)OCCO3)CC1. The summed E-state index contributed by atoms with van der Waals surface area (Å²) in [4.78, 5) is 45.3. The Labute approximate surface area is 427 Å². The molecule has 388 valence electrons. The molecule has 16 nitrogen and oxygen atoms in total. The van der Waals surface area contributed by atoms with Crippen LogP contribution in [0.15, 0.2) is 107 Å². The number of benzene rings is 4. The Morgan fingerprint density at radius 3 is 1.59 bits per heavy atom. The van der Waals surface area contributed by atoms with E-state index >= 15 is 0 Å². The number of ether oxygens (including phenoxy) is 7. The highest BCUT2D eigenvalue weighted by molar-refractivity contribution is 5.86. The number of hydrogen-bond donors (Lipinski definition) is 1. The van der Waals surface area contributed by atoms with E-state index in [9.17, 15) is 14.4 Å². The summed E-state index contributed by atoms with van der Waals surface area (Å²) in [6.45, 7) is 15.8. The van der Waals surface area contributed by atoms with Crippen LogP contribution in [0.25, 0.3) is 21.8 Å². The van der Waals surface area contributed by atoms with Gasteiger partial charge in [0.15, 0.2) is 23.0 Å². The monoisotopic (exact) mass is 999 g/mol. The first-order chi connectivity index (χ1) is 35.4. The number of carbonyl (C=O) groups is 1.